The van der Waals surface area contributed by atoms with Crippen LogP contribution in [0.1, 0.15) is 13.3 Å². The fraction of sp³-hybridized carbons (Fsp3) is 0.667. The van der Waals surface area contributed by atoms with E-state index in [9.17, 15) is 4.79 Å². The quantitative estimate of drug-likeness (QED) is 0.556. The Labute approximate surface area is 85.5 Å². The summed E-state index contributed by atoms with van der Waals surface area (Å²) in [4.78, 5) is 12.6. The molecule has 0 spiro atoms. The number of carbonyl (C=O) groups excluding carboxylic acids is 1. The van der Waals surface area contributed by atoms with Gasteiger partial charge in [0, 0.05) is 18.5 Å². The van der Waals surface area contributed by atoms with Crippen molar-refractivity contribution < 1.29 is 4.79 Å². The van der Waals surface area contributed by atoms with Crippen molar-refractivity contribution in [2.24, 2.45) is 5.73 Å². The Kier molecular flexibility index (Phi) is 11.0. The van der Waals surface area contributed by atoms with Crippen LogP contribution in [0.3, 0.4) is 0 Å². The lowest BCUT2D eigenvalue weighted by atomic mass is 10.2. The molecule has 0 aliphatic heterocycles. The third-order valence-electron chi connectivity index (χ3n) is 1.42. The van der Waals surface area contributed by atoms with E-state index in [0.29, 0.717) is 5.57 Å². The average Bonchev–Trinajstić information content (AvgIpc) is 2.07. The van der Waals surface area contributed by atoms with E-state index in [1.165, 1.54) is 6.38 Å². The molecule has 2 N–H and O–H groups in total. The molecular weight excluding hydrogens is 188 g/mol. The topological polar surface area (TPSA) is 46.3 Å². The van der Waals surface area contributed by atoms with Crippen LogP contribution in [0.4, 0.5) is 0 Å². The summed E-state index contributed by atoms with van der Waals surface area (Å²) >= 11 is 4.64. The molecule has 78 valence electrons. The molecule has 0 aromatic heterocycles. The van der Waals surface area contributed by atoms with Gasteiger partial charge in [0.1, 0.15) is 0 Å². The van der Waals surface area contributed by atoms with Crippen molar-refractivity contribution in [1.29, 1.82) is 0 Å². The molecule has 0 rings (SSSR count). The Hall–Kier alpha value is -0.540. The minimum absolute atomic E-state index is 0.330. The fourth-order valence-corrected chi connectivity index (χ4v) is 0.640. The van der Waals surface area contributed by atoms with Gasteiger partial charge in [-0.1, -0.05) is 6.08 Å². The molecule has 0 aliphatic carbocycles. The summed E-state index contributed by atoms with van der Waals surface area (Å²) < 4.78 is 0. The van der Waals surface area contributed by atoms with Crippen molar-refractivity contribution >= 4 is 17.5 Å². The molecule has 1 amide bonds. The number of carbonyl (C=O) groups is 1. The molecule has 0 radical (unpaired) electrons. The maximum Gasteiger partial charge on any atom is 0.244 e. The van der Waals surface area contributed by atoms with Gasteiger partial charge in [0.2, 0.25) is 5.91 Å². The highest BCUT2D eigenvalue weighted by molar-refractivity contribution is 6.15. The second-order valence-electron chi connectivity index (χ2n) is 2.84. The minimum Gasteiger partial charge on any atom is -0.366 e. The lowest BCUT2D eigenvalue weighted by Crippen LogP contribution is -2.14. The lowest BCUT2D eigenvalue weighted by Gasteiger charge is -2.06. The summed E-state index contributed by atoms with van der Waals surface area (Å²) in [5, 5.41) is 0. The average molecular weight is 207 g/mol. The Balaban J connectivity index is 0. The van der Waals surface area contributed by atoms with Crippen LogP contribution in [0.15, 0.2) is 11.6 Å². The number of hydrogen-bond acceptors (Lipinski definition) is 2. The normalized spacial score (nSPS) is 10.8. The molecule has 0 atom stereocenters. The monoisotopic (exact) mass is 206 g/mol. The van der Waals surface area contributed by atoms with E-state index in [1.807, 2.05) is 20.2 Å². The van der Waals surface area contributed by atoms with Gasteiger partial charge in [0.25, 0.3) is 0 Å². The van der Waals surface area contributed by atoms with Gasteiger partial charge in [-0.05, 0) is 27.4 Å². The van der Waals surface area contributed by atoms with Crippen LogP contribution in [-0.4, -0.2) is 37.8 Å². The number of alkyl halides is 1. The molecular formula is C9H19ClN2O. The number of rotatable bonds is 4. The van der Waals surface area contributed by atoms with Gasteiger partial charge in [-0.2, -0.15) is 0 Å². The van der Waals surface area contributed by atoms with Crippen LogP contribution in [0.5, 0.6) is 0 Å². The number of nitrogens with two attached hydrogens (primary N) is 1. The number of amides is 1. The van der Waals surface area contributed by atoms with Crippen LogP contribution >= 0.6 is 11.6 Å². The van der Waals surface area contributed by atoms with Crippen LogP contribution < -0.4 is 5.73 Å². The van der Waals surface area contributed by atoms with Crippen molar-refractivity contribution in [3.8, 4) is 0 Å². The van der Waals surface area contributed by atoms with Crippen LogP contribution in [-0.2, 0) is 4.79 Å². The van der Waals surface area contributed by atoms with Gasteiger partial charge in [-0.25, -0.2) is 0 Å². The second kappa shape index (κ2) is 9.55. The second-order valence-corrected chi connectivity index (χ2v) is 2.84. The zero-order valence-corrected chi connectivity index (χ0v) is 9.56. The molecule has 0 aromatic rings. The standard InChI is InChI=1S/C8H16N2O.CH3Cl/c1-7(8(9)11)5-4-6-10(2)3;1-2/h5H,4,6H2,1-3H3,(H2,9,11);1H3. The van der Waals surface area contributed by atoms with E-state index < -0.39 is 0 Å². The molecule has 0 heterocycles. The van der Waals surface area contributed by atoms with Crippen molar-refractivity contribution in [3.05, 3.63) is 11.6 Å². The van der Waals surface area contributed by atoms with Crippen molar-refractivity contribution in [1.82, 2.24) is 4.90 Å². The van der Waals surface area contributed by atoms with E-state index in [1.54, 1.807) is 6.92 Å². The summed E-state index contributed by atoms with van der Waals surface area (Å²) in [6.45, 7) is 2.68. The Morgan fingerprint density at radius 1 is 1.46 bits per heavy atom. The summed E-state index contributed by atoms with van der Waals surface area (Å²) in [6, 6.07) is 0. The lowest BCUT2D eigenvalue weighted by molar-refractivity contribution is -0.114. The minimum atomic E-state index is -0.330. The van der Waals surface area contributed by atoms with E-state index >= 15 is 0 Å². The molecule has 0 saturated carbocycles. The fourth-order valence-electron chi connectivity index (χ4n) is 0.640. The largest absolute Gasteiger partial charge is 0.366 e. The molecule has 0 fully saturated rings. The first kappa shape index (κ1) is 15.0. The Bertz CT molecular complexity index is 167. The number of nitrogens with zero attached hydrogens (tertiary/aromatic N) is 1. The van der Waals surface area contributed by atoms with Gasteiger partial charge in [-0.3, -0.25) is 4.79 Å². The van der Waals surface area contributed by atoms with Gasteiger partial charge in [-0.15, -0.1) is 11.6 Å². The molecule has 3 nitrogen and oxygen atoms in total. The summed E-state index contributed by atoms with van der Waals surface area (Å²) in [5.41, 5.74) is 5.68. The highest BCUT2D eigenvalue weighted by Gasteiger charge is 1.95. The van der Waals surface area contributed by atoms with Gasteiger partial charge < -0.3 is 10.6 Å². The van der Waals surface area contributed by atoms with Gasteiger partial charge in [0.15, 0.2) is 0 Å². The summed E-state index contributed by atoms with van der Waals surface area (Å²) in [7, 11) is 3.99. The Morgan fingerprint density at radius 3 is 2.23 bits per heavy atom. The zero-order valence-electron chi connectivity index (χ0n) is 8.80. The Morgan fingerprint density at radius 2 is 1.92 bits per heavy atom. The third kappa shape index (κ3) is 11.5. The van der Waals surface area contributed by atoms with Crippen LogP contribution in [0, 0.1) is 0 Å². The first-order valence-corrected chi connectivity index (χ1v) is 4.78. The van der Waals surface area contributed by atoms with Crippen molar-refractivity contribution in [3.63, 3.8) is 0 Å². The van der Waals surface area contributed by atoms with E-state index in [4.69, 9.17) is 5.73 Å². The number of hydrogen-bond donors (Lipinski definition) is 1. The molecule has 0 saturated heterocycles. The molecule has 0 aliphatic rings. The van der Waals surface area contributed by atoms with Gasteiger partial charge in [0.05, 0.1) is 0 Å². The van der Waals surface area contributed by atoms with E-state index in [-0.39, 0.29) is 5.91 Å². The van der Waals surface area contributed by atoms with Crippen LogP contribution in [0.2, 0.25) is 0 Å². The van der Waals surface area contributed by atoms with E-state index in [0.717, 1.165) is 13.0 Å². The third-order valence-corrected chi connectivity index (χ3v) is 1.42. The maximum absolute atomic E-state index is 10.5. The number of halogens is 1. The predicted octanol–water partition coefficient (Wildman–Crippen LogP) is 1.22. The molecule has 0 aromatic carbocycles. The molecule has 0 unspecified atom stereocenters. The van der Waals surface area contributed by atoms with Gasteiger partial charge >= 0.3 is 0 Å². The SMILES string of the molecule is CC(=CCCN(C)C)C(N)=O.CCl. The first-order valence-electron chi connectivity index (χ1n) is 4.03. The van der Waals surface area contributed by atoms with E-state index in [2.05, 4.69) is 16.5 Å². The van der Waals surface area contributed by atoms with Crippen molar-refractivity contribution in [2.45, 2.75) is 13.3 Å². The smallest absolute Gasteiger partial charge is 0.244 e. The van der Waals surface area contributed by atoms with Crippen molar-refractivity contribution in [2.75, 3.05) is 27.0 Å². The summed E-state index contributed by atoms with van der Waals surface area (Å²) in [5.74, 6) is -0.330. The van der Waals surface area contributed by atoms with Crippen LogP contribution in [0.25, 0.3) is 0 Å². The maximum atomic E-state index is 10.5. The zero-order chi connectivity index (χ0) is 10.9. The molecule has 13 heavy (non-hydrogen) atoms. The predicted molar refractivity (Wildman–Crippen MR) is 57.9 cm³/mol. The molecule has 0 bridgehead atoms. The molecule has 4 heteroatoms. The summed E-state index contributed by atoms with van der Waals surface area (Å²) in [6.07, 6.45) is 4.21. The first-order chi connectivity index (χ1) is 6.04. The highest BCUT2D eigenvalue weighted by Crippen LogP contribution is 1.94. The number of primary amides is 1. The highest BCUT2D eigenvalue weighted by atomic mass is 35.5.